The summed E-state index contributed by atoms with van der Waals surface area (Å²) < 4.78 is 11.1. The Morgan fingerprint density at radius 1 is 0.466 bits per heavy atom. The zero-order valence-corrected chi connectivity index (χ0v) is 47.1. The second kappa shape index (κ2) is 51.1. The predicted octanol–water partition coefficient (Wildman–Crippen LogP) is 13.5. The van der Waals surface area contributed by atoms with Crippen LogP contribution in [0.1, 0.15) is 284 Å². The van der Waals surface area contributed by atoms with Crippen LogP contribution in [0.5, 0.6) is 0 Å². The van der Waals surface area contributed by atoms with Crippen molar-refractivity contribution in [2.45, 2.75) is 339 Å². The molecule has 0 aromatic carbocycles. The van der Waals surface area contributed by atoms with Crippen molar-refractivity contribution in [3.8, 4) is 0 Å². The molecule has 0 radical (unpaired) electrons. The van der Waals surface area contributed by atoms with Crippen LogP contribution in [0.2, 0.25) is 0 Å². The Balaban J connectivity index is 2.32. The lowest BCUT2D eigenvalue weighted by molar-refractivity contribution is -0.303. The molecule has 0 aromatic rings. The number of carbonyl (C=O) groups is 1. The molecule has 430 valence electrons. The van der Waals surface area contributed by atoms with Gasteiger partial charge < -0.3 is 50.5 Å². The van der Waals surface area contributed by atoms with Crippen LogP contribution < -0.4 is 5.32 Å². The Hall–Kier alpha value is -1.67. The topological polar surface area (TPSA) is 189 Å². The van der Waals surface area contributed by atoms with Crippen molar-refractivity contribution in [1.82, 2.24) is 5.32 Å². The Labute approximate surface area is 447 Å². The standard InChI is InChI=1S/C62H117NO10/c1-3-5-7-9-11-13-15-17-19-21-23-25-26-27-28-30-31-33-35-37-39-41-43-45-47-49-54(65)57(67)53(52-72-62-60(70)59(69)58(68)56(51-64)73-62)63-61(71)55(66)50-48-46-44-42-40-38-36-34-32-29-24-22-20-18-16-14-12-10-8-6-4-2/h27-28,33,35,41,43,53-60,62,64-70H,3-26,29-32,34,36-40,42,44-52H2,1-2H3,(H,63,71)/b28-27+,35-33+,43-41+. The first-order valence-electron chi connectivity index (χ1n) is 30.9. The Morgan fingerprint density at radius 3 is 1.22 bits per heavy atom. The summed E-state index contributed by atoms with van der Waals surface area (Å²) >= 11 is 0. The lowest BCUT2D eigenvalue weighted by Crippen LogP contribution is -2.60. The van der Waals surface area contributed by atoms with Crippen molar-refractivity contribution in [1.29, 1.82) is 0 Å². The van der Waals surface area contributed by atoms with E-state index in [9.17, 15) is 40.5 Å². The fraction of sp³-hybridized carbons (Fsp3) is 0.887. The van der Waals surface area contributed by atoms with E-state index >= 15 is 0 Å². The first-order valence-corrected chi connectivity index (χ1v) is 30.9. The van der Waals surface area contributed by atoms with E-state index in [1.807, 2.05) is 0 Å². The number of aliphatic hydroxyl groups excluding tert-OH is 7. The largest absolute Gasteiger partial charge is 0.394 e. The van der Waals surface area contributed by atoms with E-state index in [1.165, 1.54) is 193 Å². The minimum atomic E-state index is -1.67. The maximum Gasteiger partial charge on any atom is 0.249 e. The number of ether oxygens (including phenoxy) is 2. The zero-order chi connectivity index (χ0) is 53.3. The van der Waals surface area contributed by atoms with Gasteiger partial charge in [-0.25, -0.2) is 0 Å². The minimum absolute atomic E-state index is 0.243. The fourth-order valence-electron chi connectivity index (χ4n) is 9.89. The minimum Gasteiger partial charge on any atom is -0.394 e. The van der Waals surface area contributed by atoms with Gasteiger partial charge in [0.05, 0.1) is 25.4 Å². The second-order valence-corrected chi connectivity index (χ2v) is 21.8. The highest BCUT2D eigenvalue weighted by Gasteiger charge is 2.44. The molecule has 1 heterocycles. The predicted molar refractivity (Wildman–Crippen MR) is 302 cm³/mol. The van der Waals surface area contributed by atoms with Crippen molar-refractivity contribution in [2.75, 3.05) is 13.2 Å². The maximum absolute atomic E-state index is 13.2. The normalized spacial score (nSPS) is 20.2. The molecule has 9 atom stereocenters. The zero-order valence-electron chi connectivity index (χ0n) is 47.1. The monoisotopic (exact) mass is 1040 g/mol. The summed E-state index contributed by atoms with van der Waals surface area (Å²) in [6.45, 7) is 3.47. The molecule has 1 aliphatic rings. The molecule has 1 fully saturated rings. The van der Waals surface area contributed by atoms with Crippen LogP contribution in [0.25, 0.3) is 0 Å². The van der Waals surface area contributed by atoms with E-state index in [2.05, 4.69) is 55.6 Å². The van der Waals surface area contributed by atoms with Crippen molar-refractivity contribution in [2.24, 2.45) is 0 Å². The van der Waals surface area contributed by atoms with Gasteiger partial charge in [-0.1, -0.05) is 256 Å². The number of allylic oxidation sites excluding steroid dienone is 6. The Bertz CT molecular complexity index is 1280. The molecule has 1 rings (SSSR count). The van der Waals surface area contributed by atoms with Gasteiger partial charge in [-0.2, -0.15) is 0 Å². The number of rotatable bonds is 53. The fourth-order valence-corrected chi connectivity index (χ4v) is 9.89. The number of hydrogen-bond acceptors (Lipinski definition) is 10. The molecule has 9 unspecified atom stereocenters. The van der Waals surface area contributed by atoms with E-state index < -0.39 is 74.2 Å². The lowest BCUT2D eigenvalue weighted by atomic mass is 9.98. The van der Waals surface area contributed by atoms with Gasteiger partial charge in [0.1, 0.15) is 36.6 Å². The summed E-state index contributed by atoms with van der Waals surface area (Å²) in [7, 11) is 0. The molecule has 0 saturated carbocycles. The average molecular weight is 1040 g/mol. The van der Waals surface area contributed by atoms with Gasteiger partial charge in [0.25, 0.3) is 0 Å². The van der Waals surface area contributed by atoms with Crippen LogP contribution in [0.3, 0.4) is 0 Å². The van der Waals surface area contributed by atoms with E-state index in [-0.39, 0.29) is 12.8 Å². The number of amides is 1. The van der Waals surface area contributed by atoms with Gasteiger partial charge in [-0.3, -0.25) is 4.79 Å². The molecule has 1 saturated heterocycles. The molecule has 0 aromatic heterocycles. The van der Waals surface area contributed by atoms with Crippen molar-refractivity contribution in [3.63, 3.8) is 0 Å². The number of unbranched alkanes of at least 4 members (excludes halogenated alkanes) is 35. The summed E-state index contributed by atoms with van der Waals surface area (Å²) in [6.07, 6.45) is 52.0. The summed E-state index contributed by atoms with van der Waals surface area (Å²) in [5.41, 5.74) is 0. The number of nitrogens with one attached hydrogen (secondary N) is 1. The molecule has 11 nitrogen and oxygen atoms in total. The highest BCUT2D eigenvalue weighted by molar-refractivity contribution is 5.80. The third-order valence-corrected chi connectivity index (χ3v) is 14.9. The molecule has 1 amide bonds. The first kappa shape index (κ1) is 69.3. The van der Waals surface area contributed by atoms with Crippen molar-refractivity contribution >= 4 is 5.91 Å². The highest BCUT2D eigenvalue weighted by Crippen LogP contribution is 2.23. The molecular weight excluding hydrogens is 919 g/mol. The quantitative estimate of drug-likeness (QED) is 0.0215. The third kappa shape index (κ3) is 39.4. The Morgan fingerprint density at radius 2 is 0.822 bits per heavy atom. The molecule has 73 heavy (non-hydrogen) atoms. The van der Waals surface area contributed by atoms with Crippen LogP contribution >= 0.6 is 0 Å². The van der Waals surface area contributed by atoms with Gasteiger partial charge >= 0.3 is 0 Å². The van der Waals surface area contributed by atoms with Crippen LogP contribution in [-0.2, 0) is 14.3 Å². The molecule has 0 spiro atoms. The van der Waals surface area contributed by atoms with Gasteiger partial charge in [0.15, 0.2) is 6.29 Å². The van der Waals surface area contributed by atoms with Crippen LogP contribution in [0.4, 0.5) is 0 Å². The van der Waals surface area contributed by atoms with Crippen LogP contribution in [0.15, 0.2) is 36.5 Å². The SMILES string of the molecule is CCCCCCCCCCCCCC/C=C/CC/C=C/CC/C=C/CCCC(O)C(O)C(COC1OC(CO)C(O)C(O)C1O)NC(=O)C(O)CCCCCCCCCCCCCCCCCCCCCCC. The van der Waals surface area contributed by atoms with E-state index in [0.29, 0.717) is 19.3 Å². The maximum atomic E-state index is 13.2. The smallest absolute Gasteiger partial charge is 0.249 e. The van der Waals surface area contributed by atoms with E-state index in [1.54, 1.807) is 0 Å². The highest BCUT2D eigenvalue weighted by atomic mass is 16.7. The molecule has 11 heteroatoms. The van der Waals surface area contributed by atoms with E-state index in [4.69, 9.17) is 9.47 Å². The van der Waals surface area contributed by atoms with Gasteiger partial charge in [0.2, 0.25) is 5.91 Å². The lowest BCUT2D eigenvalue weighted by Gasteiger charge is -2.40. The summed E-state index contributed by atoms with van der Waals surface area (Å²) in [5, 5.41) is 76.2. The Kier molecular flexibility index (Phi) is 48.5. The van der Waals surface area contributed by atoms with Gasteiger partial charge in [0, 0.05) is 0 Å². The molecule has 0 aliphatic carbocycles. The van der Waals surface area contributed by atoms with Gasteiger partial charge in [-0.15, -0.1) is 0 Å². The van der Waals surface area contributed by atoms with Crippen molar-refractivity contribution in [3.05, 3.63) is 36.5 Å². The number of hydrogen-bond donors (Lipinski definition) is 8. The van der Waals surface area contributed by atoms with Crippen molar-refractivity contribution < 1.29 is 50.0 Å². The number of aliphatic hydroxyl groups is 7. The summed E-state index contributed by atoms with van der Waals surface area (Å²) in [6, 6.07) is -1.19. The molecule has 0 bridgehead atoms. The van der Waals surface area contributed by atoms with Gasteiger partial charge in [-0.05, 0) is 64.2 Å². The molecule has 1 aliphatic heterocycles. The molecule has 8 N–H and O–H groups in total. The molecular formula is C62H117NO10. The van der Waals surface area contributed by atoms with Crippen LogP contribution in [-0.4, -0.2) is 110 Å². The first-order chi connectivity index (χ1) is 35.7. The van der Waals surface area contributed by atoms with Crippen LogP contribution in [0, 0.1) is 0 Å². The second-order valence-electron chi connectivity index (χ2n) is 21.8. The number of carbonyl (C=O) groups excluding carboxylic acids is 1. The average Bonchev–Trinajstić information content (AvgIpc) is 3.39. The summed E-state index contributed by atoms with van der Waals surface area (Å²) in [5.74, 6) is -0.708. The van der Waals surface area contributed by atoms with E-state index in [0.717, 1.165) is 44.9 Å². The third-order valence-electron chi connectivity index (χ3n) is 14.9. The summed E-state index contributed by atoms with van der Waals surface area (Å²) in [4.78, 5) is 13.2.